The maximum atomic E-state index is 5.19. The van der Waals surface area contributed by atoms with Crippen LogP contribution in [0.1, 0.15) is 0 Å². The topological polar surface area (TPSA) is 38.8 Å². The maximum Gasteiger partial charge on any atom is 0.245 e. The molecule has 1 aliphatic rings. The molecule has 0 saturated heterocycles. The minimum absolute atomic E-state index is 0.0880. The van der Waals surface area contributed by atoms with E-state index in [1.54, 1.807) is 0 Å². The summed E-state index contributed by atoms with van der Waals surface area (Å²) in [6.07, 6.45) is 0. The number of aliphatic imine (C=N–C) groups is 1. The first-order chi connectivity index (χ1) is 3.29. The zero-order valence-electron chi connectivity index (χ0n) is 3.10. The summed E-state index contributed by atoms with van der Waals surface area (Å²) in [5.41, 5.74) is 3.29. The highest BCUT2D eigenvalue weighted by atomic mass is 35.5. The molecule has 0 aromatic heterocycles. The largest absolute Gasteiger partial charge is 0.245 e. The zero-order valence-corrected chi connectivity index (χ0v) is 4.61. The molecule has 0 spiro atoms. The van der Waals surface area contributed by atoms with Crippen molar-refractivity contribution in [1.82, 2.24) is 5.43 Å². The Morgan fingerprint density at radius 1 is 1.14 bits per heavy atom. The Labute approximate surface area is 50.0 Å². The van der Waals surface area contributed by atoms with Gasteiger partial charge in [-0.3, -0.25) is 0 Å². The number of rotatable bonds is 0. The molecule has 0 fully saturated rings. The minimum Gasteiger partial charge on any atom is -0.184 e. The van der Waals surface area contributed by atoms with Crippen molar-refractivity contribution in [1.29, 1.82) is 0 Å². The summed E-state index contributed by atoms with van der Waals surface area (Å²) in [6, 6.07) is 0. The predicted molar refractivity (Wildman–Crippen MR) is 28.7 cm³/mol. The highest BCUT2D eigenvalue weighted by Crippen LogP contribution is 1.98. The molecular weight excluding hydrogens is 137 g/mol. The molecule has 0 atom stereocenters. The number of halogens is 2. The van der Waals surface area contributed by atoms with E-state index in [1.165, 1.54) is 0 Å². The summed E-state index contributed by atoms with van der Waals surface area (Å²) in [7, 11) is 0. The lowest BCUT2D eigenvalue weighted by Crippen LogP contribution is -1.93. The van der Waals surface area contributed by atoms with Gasteiger partial charge >= 0.3 is 0 Å². The highest BCUT2D eigenvalue weighted by molar-refractivity contribution is 6.72. The second-order valence-corrected chi connectivity index (χ2v) is 1.53. The second-order valence-electron chi connectivity index (χ2n) is 0.850. The Balaban J connectivity index is 2.69. The molecule has 0 unspecified atom stereocenters. The maximum absolute atomic E-state index is 5.19. The molecule has 1 aliphatic heterocycles. The van der Waals surface area contributed by atoms with Gasteiger partial charge in [-0.05, 0) is 23.2 Å². The number of amidine groups is 2. The fourth-order valence-corrected chi connectivity index (χ4v) is 0.482. The van der Waals surface area contributed by atoms with Crippen molar-refractivity contribution >= 4 is 33.8 Å². The highest BCUT2D eigenvalue weighted by Gasteiger charge is 2.03. The van der Waals surface area contributed by atoms with Crippen LogP contribution in [0.5, 0.6) is 0 Å². The zero-order chi connectivity index (χ0) is 5.28. The molecule has 37 valence electrons. The average Bonchev–Trinajstić information content (AvgIpc) is 1.87. The van der Waals surface area contributed by atoms with Crippen LogP contribution in [-0.4, -0.2) is 10.6 Å². The summed E-state index contributed by atoms with van der Waals surface area (Å²) >= 11 is 10.4. The van der Waals surface area contributed by atoms with Crippen molar-refractivity contribution in [3.05, 3.63) is 0 Å². The molecule has 0 amide bonds. The van der Waals surface area contributed by atoms with E-state index in [4.69, 9.17) is 23.2 Å². The van der Waals surface area contributed by atoms with Gasteiger partial charge < -0.3 is 0 Å². The first kappa shape index (κ1) is 4.87. The van der Waals surface area contributed by atoms with Gasteiger partial charge in [0.2, 0.25) is 10.6 Å². The third-order valence-corrected chi connectivity index (χ3v) is 0.720. The van der Waals surface area contributed by atoms with Crippen LogP contribution in [0.2, 0.25) is 0 Å². The van der Waals surface area contributed by atoms with Gasteiger partial charge in [-0.2, -0.15) is 4.99 Å². The van der Waals surface area contributed by atoms with E-state index < -0.39 is 0 Å². The Morgan fingerprint density at radius 2 is 1.86 bits per heavy atom. The third-order valence-electron chi connectivity index (χ3n) is 0.400. The Hall–Kier alpha value is -0.280. The lowest BCUT2D eigenvalue weighted by molar-refractivity contribution is 1.06. The van der Waals surface area contributed by atoms with Crippen LogP contribution in [0.4, 0.5) is 0 Å². The monoisotopic (exact) mass is 136 g/mol. The molecule has 5 heteroatoms. The molecule has 0 aromatic rings. The van der Waals surface area contributed by atoms with Crippen molar-refractivity contribution in [2.24, 2.45) is 10.1 Å². The lowest BCUT2D eigenvalue weighted by Gasteiger charge is -1.71. The van der Waals surface area contributed by atoms with Gasteiger partial charge in [0.05, 0.1) is 0 Å². The van der Waals surface area contributed by atoms with Crippen molar-refractivity contribution < 1.29 is 0 Å². The van der Waals surface area contributed by atoms with E-state index in [9.17, 15) is 0 Å². The molecule has 0 saturated carbocycles. The van der Waals surface area contributed by atoms with E-state index in [2.05, 4.69) is 15.5 Å². The molecule has 1 rings (SSSR count). The van der Waals surface area contributed by atoms with Gasteiger partial charge in [0.15, 0.2) is 0 Å². The van der Waals surface area contributed by atoms with Crippen LogP contribution in [0.15, 0.2) is 10.1 Å². The van der Waals surface area contributed by atoms with E-state index in [0.717, 1.165) is 0 Å². The predicted octanol–water partition coefficient (Wildman–Crippen LogP) is 0.709. The number of hydrogen-bond donors (Lipinski definition) is 0. The molecule has 1 radical (unpaired) electrons. The second kappa shape index (κ2) is 1.68. The summed E-state index contributed by atoms with van der Waals surface area (Å²) in [6.45, 7) is 0. The van der Waals surface area contributed by atoms with Gasteiger partial charge in [0.25, 0.3) is 0 Å². The Morgan fingerprint density at radius 3 is 2.00 bits per heavy atom. The van der Waals surface area contributed by atoms with Crippen LogP contribution < -0.4 is 5.43 Å². The fraction of sp³-hybridized carbons (Fsp3) is 0. The smallest absolute Gasteiger partial charge is 0.184 e. The lowest BCUT2D eigenvalue weighted by atomic mass is 11.2. The van der Waals surface area contributed by atoms with Crippen LogP contribution in [-0.2, 0) is 0 Å². The molecular formula is C2Cl2N3. The van der Waals surface area contributed by atoms with Crippen LogP contribution in [0.3, 0.4) is 0 Å². The molecule has 0 N–H and O–H groups in total. The standard InChI is InChI=1S/C2Cl2N3/c3-1-5-2(4)7-6-1. The van der Waals surface area contributed by atoms with E-state index >= 15 is 0 Å². The van der Waals surface area contributed by atoms with Crippen LogP contribution in [0.25, 0.3) is 0 Å². The first-order valence-electron chi connectivity index (χ1n) is 1.47. The van der Waals surface area contributed by atoms with Gasteiger partial charge in [0, 0.05) is 0 Å². The molecule has 7 heavy (non-hydrogen) atoms. The van der Waals surface area contributed by atoms with E-state index in [-0.39, 0.29) is 10.6 Å². The third kappa shape index (κ3) is 1.04. The van der Waals surface area contributed by atoms with Crippen molar-refractivity contribution in [3.63, 3.8) is 0 Å². The van der Waals surface area contributed by atoms with Gasteiger partial charge in [0.1, 0.15) is 0 Å². The minimum atomic E-state index is 0.0880. The van der Waals surface area contributed by atoms with E-state index in [1.807, 2.05) is 0 Å². The van der Waals surface area contributed by atoms with Gasteiger partial charge in [-0.1, -0.05) is 0 Å². The normalized spacial score (nSPS) is 18.0. The fourth-order valence-electron chi connectivity index (χ4n) is 0.203. The molecule has 1 heterocycles. The molecule has 0 aliphatic carbocycles. The Kier molecular flexibility index (Phi) is 1.17. The number of nitrogens with zero attached hydrogens (tertiary/aromatic N) is 3. The van der Waals surface area contributed by atoms with Crippen LogP contribution in [0, 0.1) is 0 Å². The quantitative estimate of drug-likeness (QED) is 0.441. The molecule has 3 nitrogen and oxygen atoms in total. The van der Waals surface area contributed by atoms with E-state index in [0.29, 0.717) is 0 Å². The molecule has 0 aromatic carbocycles. The first-order valence-corrected chi connectivity index (χ1v) is 2.23. The van der Waals surface area contributed by atoms with Crippen molar-refractivity contribution in [2.75, 3.05) is 0 Å². The summed E-state index contributed by atoms with van der Waals surface area (Å²) in [5, 5.41) is 3.46. The average molecular weight is 137 g/mol. The Bertz CT molecular complexity index is 138. The van der Waals surface area contributed by atoms with Crippen molar-refractivity contribution in [2.45, 2.75) is 0 Å². The molecule has 0 bridgehead atoms. The van der Waals surface area contributed by atoms with Gasteiger partial charge in [-0.25, -0.2) is 0 Å². The SMILES string of the molecule is ClC1=NC(Cl)=N[N]1. The number of hydrogen-bond acceptors (Lipinski definition) is 2. The summed E-state index contributed by atoms with van der Waals surface area (Å²) in [4.78, 5) is 3.42. The summed E-state index contributed by atoms with van der Waals surface area (Å²) < 4.78 is 0. The van der Waals surface area contributed by atoms with Crippen LogP contribution >= 0.6 is 23.2 Å². The van der Waals surface area contributed by atoms with Crippen molar-refractivity contribution in [3.8, 4) is 0 Å². The van der Waals surface area contributed by atoms with Gasteiger partial charge in [-0.15, -0.1) is 10.5 Å². The summed E-state index contributed by atoms with van der Waals surface area (Å²) in [5.74, 6) is 0.